The SMILES string of the molecule is Cc1cc2ncc3c(n2n1)C[C@@H]1CC[C@H]3N1C(=O)CCn1cccc1. The van der Waals surface area contributed by atoms with Gasteiger partial charge in [0.05, 0.1) is 17.4 Å². The molecule has 3 aromatic rings. The van der Waals surface area contributed by atoms with Gasteiger partial charge >= 0.3 is 0 Å². The Labute approximate surface area is 146 Å². The highest BCUT2D eigenvalue weighted by Crippen LogP contribution is 2.43. The fourth-order valence-electron chi connectivity index (χ4n) is 4.45. The fourth-order valence-corrected chi connectivity index (χ4v) is 4.45. The Bertz CT molecular complexity index is 942. The van der Waals surface area contributed by atoms with Crippen molar-refractivity contribution in [2.75, 3.05) is 0 Å². The summed E-state index contributed by atoms with van der Waals surface area (Å²) < 4.78 is 4.05. The van der Waals surface area contributed by atoms with Gasteiger partial charge in [0.25, 0.3) is 0 Å². The summed E-state index contributed by atoms with van der Waals surface area (Å²) >= 11 is 0. The average Bonchev–Trinajstić information content (AvgIpc) is 3.31. The van der Waals surface area contributed by atoms with Crippen molar-refractivity contribution in [3.63, 3.8) is 0 Å². The largest absolute Gasteiger partial charge is 0.354 e. The zero-order valence-electron chi connectivity index (χ0n) is 14.3. The molecule has 2 aliphatic rings. The van der Waals surface area contributed by atoms with Gasteiger partial charge in [0.1, 0.15) is 0 Å². The summed E-state index contributed by atoms with van der Waals surface area (Å²) in [6, 6.07) is 6.46. The highest BCUT2D eigenvalue weighted by atomic mass is 16.2. The minimum Gasteiger partial charge on any atom is -0.354 e. The summed E-state index contributed by atoms with van der Waals surface area (Å²) in [6.45, 7) is 2.74. The van der Waals surface area contributed by atoms with Crippen LogP contribution in [0.5, 0.6) is 0 Å². The molecule has 3 aromatic heterocycles. The van der Waals surface area contributed by atoms with Crippen molar-refractivity contribution >= 4 is 11.6 Å². The van der Waals surface area contributed by atoms with Crippen molar-refractivity contribution in [2.45, 2.75) is 51.2 Å². The third-order valence-electron chi connectivity index (χ3n) is 5.57. The van der Waals surface area contributed by atoms with E-state index in [1.165, 1.54) is 11.3 Å². The van der Waals surface area contributed by atoms with Crippen molar-refractivity contribution in [1.82, 2.24) is 24.1 Å². The van der Waals surface area contributed by atoms with E-state index in [4.69, 9.17) is 0 Å². The van der Waals surface area contributed by atoms with Gasteiger partial charge < -0.3 is 9.47 Å². The van der Waals surface area contributed by atoms with Gasteiger partial charge in [-0.25, -0.2) is 9.50 Å². The topological polar surface area (TPSA) is 55.4 Å². The van der Waals surface area contributed by atoms with E-state index < -0.39 is 0 Å². The molecule has 6 heteroatoms. The van der Waals surface area contributed by atoms with Crippen LogP contribution in [-0.4, -0.2) is 36.0 Å². The molecule has 2 bridgehead atoms. The Balaban J connectivity index is 1.45. The van der Waals surface area contributed by atoms with E-state index in [1.807, 2.05) is 48.2 Å². The quantitative estimate of drug-likeness (QED) is 0.739. The first kappa shape index (κ1) is 14.7. The van der Waals surface area contributed by atoms with Crippen LogP contribution in [0.15, 0.2) is 36.8 Å². The lowest BCUT2D eigenvalue weighted by molar-refractivity contribution is -0.135. The van der Waals surface area contributed by atoms with Crippen molar-refractivity contribution in [2.24, 2.45) is 0 Å². The maximum Gasteiger partial charge on any atom is 0.225 e. The second-order valence-corrected chi connectivity index (χ2v) is 7.14. The van der Waals surface area contributed by atoms with Crippen LogP contribution in [-0.2, 0) is 17.8 Å². The number of rotatable bonds is 3. The van der Waals surface area contributed by atoms with E-state index in [0.717, 1.165) is 37.1 Å². The number of hydrogen-bond acceptors (Lipinski definition) is 3. The molecule has 0 aliphatic carbocycles. The van der Waals surface area contributed by atoms with Crippen LogP contribution in [0.25, 0.3) is 5.65 Å². The van der Waals surface area contributed by atoms with E-state index >= 15 is 0 Å². The minimum absolute atomic E-state index is 0.160. The minimum atomic E-state index is 0.160. The van der Waals surface area contributed by atoms with Crippen LogP contribution in [0.4, 0.5) is 0 Å². The number of carbonyl (C=O) groups excluding carboxylic acids is 1. The zero-order valence-corrected chi connectivity index (χ0v) is 14.3. The number of nitrogens with zero attached hydrogens (tertiary/aromatic N) is 5. The van der Waals surface area contributed by atoms with Gasteiger partial charge in [-0.2, -0.15) is 5.10 Å². The molecule has 5 rings (SSSR count). The molecule has 5 heterocycles. The van der Waals surface area contributed by atoms with E-state index in [-0.39, 0.29) is 11.9 Å². The molecule has 2 aliphatic heterocycles. The maximum atomic E-state index is 12.9. The number of amides is 1. The Kier molecular flexibility index (Phi) is 3.20. The second kappa shape index (κ2) is 5.44. The van der Waals surface area contributed by atoms with Crippen LogP contribution in [0.1, 0.15) is 42.3 Å². The molecule has 128 valence electrons. The molecular formula is C19H21N5O. The molecule has 0 spiro atoms. The van der Waals surface area contributed by atoms with Crippen LogP contribution >= 0.6 is 0 Å². The highest BCUT2D eigenvalue weighted by molar-refractivity contribution is 5.78. The number of aryl methyl sites for hydroxylation is 2. The predicted octanol–water partition coefficient (Wildman–Crippen LogP) is 2.52. The van der Waals surface area contributed by atoms with Crippen LogP contribution < -0.4 is 0 Å². The molecule has 25 heavy (non-hydrogen) atoms. The first-order chi connectivity index (χ1) is 12.2. The number of hydrogen-bond donors (Lipinski definition) is 0. The Morgan fingerprint density at radius 2 is 2.12 bits per heavy atom. The molecule has 6 nitrogen and oxygen atoms in total. The van der Waals surface area contributed by atoms with Gasteiger partial charge in [-0.3, -0.25) is 4.79 Å². The van der Waals surface area contributed by atoms with E-state index in [9.17, 15) is 4.79 Å². The summed E-state index contributed by atoms with van der Waals surface area (Å²) in [5, 5.41) is 4.61. The summed E-state index contributed by atoms with van der Waals surface area (Å²) in [5.41, 5.74) is 4.31. The van der Waals surface area contributed by atoms with Crippen molar-refractivity contribution in [1.29, 1.82) is 0 Å². The van der Waals surface area contributed by atoms with E-state index in [1.54, 1.807) is 0 Å². The number of fused-ring (bicyclic) bond motifs is 6. The smallest absolute Gasteiger partial charge is 0.225 e. The molecule has 0 saturated carbocycles. The predicted molar refractivity (Wildman–Crippen MR) is 93.1 cm³/mol. The lowest BCUT2D eigenvalue weighted by Gasteiger charge is -2.36. The van der Waals surface area contributed by atoms with Crippen LogP contribution in [0.3, 0.4) is 0 Å². The van der Waals surface area contributed by atoms with Crippen molar-refractivity contribution in [3.05, 3.63) is 53.7 Å². The summed E-state index contributed by atoms with van der Waals surface area (Å²) in [5.74, 6) is 0.253. The molecule has 0 radical (unpaired) electrons. The molecule has 2 atom stereocenters. The van der Waals surface area contributed by atoms with E-state index in [0.29, 0.717) is 12.5 Å². The van der Waals surface area contributed by atoms with Crippen molar-refractivity contribution in [3.8, 4) is 0 Å². The Morgan fingerprint density at radius 3 is 2.96 bits per heavy atom. The number of carbonyl (C=O) groups is 1. The van der Waals surface area contributed by atoms with Crippen molar-refractivity contribution < 1.29 is 4.79 Å². The normalized spacial score (nSPS) is 21.7. The average molecular weight is 335 g/mol. The standard InChI is InChI=1S/C19H21N5O/c1-13-10-18-20-12-15-16-5-4-14(11-17(15)24(18)21-13)23(16)19(25)6-9-22-7-2-3-8-22/h2-3,7-8,10,12,14,16H,4-6,9,11H2,1H3/t14-,16+/m0/s1. The third-order valence-corrected chi connectivity index (χ3v) is 5.57. The molecular weight excluding hydrogens is 314 g/mol. The first-order valence-corrected chi connectivity index (χ1v) is 8.97. The van der Waals surface area contributed by atoms with E-state index in [2.05, 4.69) is 19.5 Å². The number of aromatic nitrogens is 4. The van der Waals surface area contributed by atoms with Gasteiger partial charge in [-0.15, -0.1) is 0 Å². The summed E-state index contributed by atoms with van der Waals surface area (Å²) in [7, 11) is 0. The van der Waals surface area contributed by atoms with Gasteiger partial charge in [-0.05, 0) is 31.9 Å². The zero-order chi connectivity index (χ0) is 17.0. The molecule has 0 N–H and O–H groups in total. The molecule has 1 fully saturated rings. The molecule has 1 saturated heterocycles. The molecule has 0 aromatic carbocycles. The monoisotopic (exact) mass is 335 g/mol. The fraction of sp³-hybridized carbons (Fsp3) is 0.421. The Morgan fingerprint density at radius 1 is 1.28 bits per heavy atom. The maximum absolute atomic E-state index is 12.9. The molecule has 0 unspecified atom stereocenters. The molecule has 1 amide bonds. The third kappa shape index (κ3) is 2.27. The summed E-state index contributed by atoms with van der Waals surface area (Å²) in [4.78, 5) is 19.6. The van der Waals surface area contributed by atoms with Gasteiger partial charge in [0.15, 0.2) is 5.65 Å². The Hall–Kier alpha value is -2.63. The summed E-state index contributed by atoms with van der Waals surface area (Å²) in [6.07, 6.45) is 9.50. The van der Waals surface area contributed by atoms with Gasteiger partial charge in [0.2, 0.25) is 5.91 Å². The van der Waals surface area contributed by atoms with Crippen LogP contribution in [0, 0.1) is 6.92 Å². The lowest BCUT2D eigenvalue weighted by atomic mass is 9.98. The first-order valence-electron chi connectivity index (χ1n) is 8.97. The second-order valence-electron chi connectivity index (χ2n) is 7.14. The van der Waals surface area contributed by atoms with Gasteiger partial charge in [0, 0.05) is 55.6 Å². The van der Waals surface area contributed by atoms with Gasteiger partial charge in [-0.1, -0.05) is 0 Å². The van der Waals surface area contributed by atoms with Crippen LogP contribution in [0.2, 0.25) is 0 Å². The lowest BCUT2D eigenvalue weighted by Crippen LogP contribution is -2.43. The highest BCUT2D eigenvalue weighted by Gasteiger charge is 2.43.